The molecule has 0 saturated carbocycles. The number of amidine groups is 1. The number of nitrogens with one attached hydrogen (secondary N) is 2. The van der Waals surface area contributed by atoms with Gasteiger partial charge < -0.3 is 40.3 Å². The monoisotopic (exact) mass is 1040 g/mol. The van der Waals surface area contributed by atoms with E-state index in [4.69, 9.17) is 34.9 Å². The molecule has 2 saturated heterocycles. The molecule has 5 heterocycles. The highest BCUT2D eigenvalue weighted by atomic mass is 32.1. The third kappa shape index (κ3) is 17.2. The minimum atomic E-state index is -5.62. The molecule has 2 aliphatic rings. The summed E-state index contributed by atoms with van der Waals surface area (Å²) in [5.74, 6) is -5.04. The van der Waals surface area contributed by atoms with Gasteiger partial charge in [0.2, 0.25) is 17.7 Å². The van der Waals surface area contributed by atoms with Crippen molar-refractivity contribution in [1.29, 1.82) is 0 Å². The first-order valence-electron chi connectivity index (χ1n) is 22.2. The summed E-state index contributed by atoms with van der Waals surface area (Å²) in [5.41, 5.74) is 9.25. The second kappa shape index (κ2) is 26.2. The summed E-state index contributed by atoms with van der Waals surface area (Å²) in [4.78, 5) is 58.0. The Hall–Kier alpha value is -6.31. The van der Waals surface area contributed by atoms with Crippen LogP contribution in [0.1, 0.15) is 79.5 Å². The molecule has 0 aliphatic carbocycles. The molecule has 2 amide bonds. The Balaban J connectivity index is 0.000000214. The van der Waals surface area contributed by atoms with E-state index in [1.165, 1.54) is 0 Å². The fraction of sp³-hybridized carbons (Fsp3) is 0.457. The number of carbonyl (C=O) groups is 4. The maximum absolute atomic E-state index is 12.5. The second-order valence-corrected chi connectivity index (χ2v) is 18.1. The summed E-state index contributed by atoms with van der Waals surface area (Å²) in [6.07, 6.45) is -4.81. The molecule has 0 spiro atoms. The lowest BCUT2D eigenvalue weighted by atomic mass is 9.80. The van der Waals surface area contributed by atoms with Crippen LogP contribution in [0.15, 0.2) is 81.1 Å². The summed E-state index contributed by atoms with van der Waals surface area (Å²) >= 11 is 3.32. The second-order valence-electron chi connectivity index (χ2n) is 16.3. The molecule has 0 radical (unpaired) electrons. The number of nitrogens with zero attached hydrogens (tertiary/aromatic N) is 5. The van der Waals surface area contributed by atoms with Crippen molar-refractivity contribution in [2.24, 2.45) is 10.9 Å². The molecule has 5 aromatic rings. The lowest BCUT2D eigenvalue weighted by Gasteiger charge is -2.35. The molecule has 384 valence electrons. The quantitative estimate of drug-likeness (QED) is 0.0140. The Labute approximate surface area is 411 Å². The van der Waals surface area contributed by atoms with Crippen molar-refractivity contribution < 1.29 is 69.5 Å². The third-order valence-corrected chi connectivity index (χ3v) is 13.4. The van der Waals surface area contributed by atoms with Crippen LogP contribution in [0.3, 0.4) is 0 Å². The molecule has 2 aromatic carbocycles. The molecule has 5 N–H and O–H groups in total. The first kappa shape index (κ1) is 55.6. The van der Waals surface area contributed by atoms with Crippen molar-refractivity contribution in [2.75, 3.05) is 39.5 Å². The number of nitrogens with two attached hydrogens (primary N) is 1. The molecule has 0 atom stereocenters. The molecular formula is C46H52F6N8O9S2. The smallest absolute Gasteiger partial charge is 0.409 e. The first-order valence-corrected chi connectivity index (χ1v) is 24.0. The third-order valence-electron chi connectivity index (χ3n) is 11.2. The van der Waals surface area contributed by atoms with Gasteiger partial charge >= 0.3 is 24.3 Å². The maximum atomic E-state index is 12.5. The number of amides is 2. The molecule has 25 heteroatoms. The average Bonchev–Trinajstić information content (AvgIpc) is 4.17. The fourth-order valence-electron chi connectivity index (χ4n) is 7.22. The number of aryl methyl sites for hydroxylation is 2. The van der Waals surface area contributed by atoms with Crippen LogP contribution in [0.4, 0.5) is 26.3 Å². The SMILES string of the molecule is Cc1nc(CCCC(=O)NCC2(c3nc(-c4ccccc4)cs3)CCOCC2)no1.N/C(CCCC(=O)NCC1(c2nc(-c3ccccc3)cs2)CCOCC1)=N\O.O=C(OC(=O)C(F)(F)F)C(F)(F)F. The summed E-state index contributed by atoms with van der Waals surface area (Å²) in [7, 11) is 0. The van der Waals surface area contributed by atoms with Gasteiger partial charge in [0.15, 0.2) is 5.82 Å². The normalized spacial score (nSPS) is 15.5. The van der Waals surface area contributed by atoms with Gasteiger partial charge in [-0.3, -0.25) is 9.59 Å². The Kier molecular flexibility index (Phi) is 20.5. The molecule has 17 nitrogen and oxygen atoms in total. The Morgan fingerprint density at radius 3 is 1.54 bits per heavy atom. The molecule has 71 heavy (non-hydrogen) atoms. The van der Waals surface area contributed by atoms with Gasteiger partial charge in [-0.1, -0.05) is 71.0 Å². The van der Waals surface area contributed by atoms with Crippen LogP contribution in [0.2, 0.25) is 0 Å². The predicted molar refractivity (Wildman–Crippen MR) is 247 cm³/mol. The van der Waals surface area contributed by atoms with Crippen LogP contribution >= 0.6 is 22.7 Å². The summed E-state index contributed by atoms with van der Waals surface area (Å²) in [6.45, 7) is 5.59. The van der Waals surface area contributed by atoms with E-state index >= 15 is 0 Å². The zero-order valence-electron chi connectivity index (χ0n) is 38.4. The zero-order chi connectivity index (χ0) is 51.5. The Bertz CT molecular complexity index is 2480. The van der Waals surface area contributed by atoms with E-state index in [0.717, 1.165) is 58.2 Å². The van der Waals surface area contributed by atoms with E-state index in [0.29, 0.717) is 89.8 Å². The number of carbonyl (C=O) groups excluding carboxylic acids is 4. The van der Waals surface area contributed by atoms with Gasteiger partial charge in [0.25, 0.3) is 0 Å². The predicted octanol–water partition coefficient (Wildman–Crippen LogP) is 7.76. The number of aromatic nitrogens is 4. The number of oxime groups is 1. The number of ether oxygens (including phenoxy) is 3. The molecule has 0 bridgehead atoms. The van der Waals surface area contributed by atoms with E-state index in [2.05, 4.69) is 65.7 Å². The van der Waals surface area contributed by atoms with Crippen LogP contribution in [0.5, 0.6) is 0 Å². The highest BCUT2D eigenvalue weighted by Crippen LogP contribution is 2.39. The minimum absolute atomic E-state index is 0.0311. The number of esters is 2. The fourth-order valence-corrected chi connectivity index (χ4v) is 9.40. The molecular weight excluding hydrogens is 987 g/mol. The first-order chi connectivity index (χ1) is 33.8. The molecule has 7 rings (SSSR count). The van der Waals surface area contributed by atoms with Gasteiger partial charge in [-0.05, 0) is 38.5 Å². The summed E-state index contributed by atoms with van der Waals surface area (Å²) < 4.78 is 85.8. The van der Waals surface area contributed by atoms with E-state index in [-0.39, 0.29) is 28.5 Å². The van der Waals surface area contributed by atoms with Crippen LogP contribution in [-0.4, -0.2) is 107 Å². The van der Waals surface area contributed by atoms with Crippen molar-refractivity contribution in [1.82, 2.24) is 30.7 Å². The van der Waals surface area contributed by atoms with Gasteiger partial charge in [0.1, 0.15) is 15.9 Å². The molecule has 2 aliphatic heterocycles. The number of hydrogen-bond donors (Lipinski definition) is 4. The topological polar surface area (TPSA) is 243 Å². The van der Waals surface area contributed by atoms with Gasteiger partial charge in [0, 0.05) is 105 Å². The number of hydrogen-bond acceptors (Lipinski definition) is 16. The van der Waals surface area contributed by atoms with Crippen LogP contribution in [-0.2, 0) is 50.6 Å². The number of alkyl halides is 6. The number of benzene rings is 2. The standard InChI is InChI=1S/C22H26N4O3S.C20H26N4O3S.C4F6O3/c1-16-24-19(26-29-16)8-5-9-20(27)23-15-22(10-12-28-13-11-22)21-25-18(14-30-21)17-6-3-2-4-7-17;21-17(24-26)7-4-8-18(25)22-14-20(9-11-27-12-10-20)19-23-16(13-28-19)15-5-2-1-3-6-15;5-3(6,7)1(11)13-2(12)4(8,9)10/h2-4,6-7,14H,5,8-13,15H2,1H3,(H,23,27);1-3,5-6,13,26H,4,7-12,14H2,(H2,21,24)(H,22,25);. The van der Waals surface area contributed by atoms with Crippen molar-refractivity contribution >= 4 is 52.3 Å². The average molecular weight is 1040 g/mol. The summed E-state index contributed by atoms with van der Waals surface area (Å²) in [6, 6.07) is 20.3. The largest absolute Gasteiger partial charge is 0.491 e. The van der Waals surface area contributed by atoms with Gasteiger partial charge in [-0.25, -0.2) is 19.6 Å². The van der Waals surface area contributed by atoms with Crippen LogP contribution in [0.25, 0.3) is 22.5 Å². The van der Waals surface area contributed by atoms with E-state index in [1.54, 1.807) is 29.6 Å². The Morgan fingerprint density at radius 2 is 1.14 bits per heavy atom. The summed E-state index contributed by atoms with van der Waals surface area (Å²) in [5, 5.41) is 27.9. The highest BCUT2D eigenvalue weighted by molar-refractivity contribution is 7.10. The number of halogens is 6. The van der Waals surface area contributed by atoms with Crippen LogP contribution in [0, 0.1) is 6.92 Å². The molecule has 3 aromatic heterocycles. The molecule has 2 fully saturated rings. The lowest BCUT2D eigenvalue weighted by Crippen LogP contribution is -2.44. The Morgan fingerprint density at radius 1 is 0.704 bits per heavy atom. The van der Waals surface area contributed by atoms with E-state index < -0.39 is 24.3 Å². The minimum Gasteiger partial charge on any atom is -0.409 e. The van der Waals surface area contributed by atoms with E-state index in [1.807, 2.05) is 36.4 Å². The number of thiazole rings is 2. The molecule has 0 unspecified atom stereocenters. The lowest BCUT2D eigenvalue weighted by molar-refractivity contribution is -0.221. The van der Waals surface area contributed by atoms with E-state index in [9.17, 15) is 45.5 Å². The zero-order valence-corrected chi connectivity index (χ0v) is 40.0. The van der Waals surface area contributed by atoms with Gasteiger partial charge in [0.05, 0.1) is 11.4 Å². The van der Waals surface area contributed by atoms with Crippen molar-refractivity contribution in [3.8, 4) is 22.5 Å². The number of rotatable bonds is 16. The maximum Gasteiger partial charge on any atom is 0.491 e. The highest BCUT2D eigenvalue weighted by Gasteiger charge is 2.49. The van der Waals surface area contributed by atoms with Crippen molar-refractivity contribution in [3.05, 3.63) is 93.2 Å². The van der Waals surface area contributed by atoms with Crippen molar-refractivity contribution in [2.45, 2.75) is 94.3 Å². The van der Waals surface area contributed by atoms with Gasteiger partial charge in [-0.2, -0.15) is 31.3 Å². The van der Waals surface area contributed by atoms with Crippen LogP contribution < -0.4 is 16.4 Å². The van der Waals surface area contributed by atoms with Gasteiger partial charge in [-0.15, -0.1) is 22.7 Å². The van der Waals surface area contributed by atoms with Crippen molar-refractivity contribution in [3.63, 3.8) is 0 Å².